The molecule has 0 unspecified atom stereocenters. The third-order valence-electron chi connectivity index (χ3n) is 5.43. The molecule has 38 heavy (non-hydrogen) atoms. The summed E-state index contributed by atoms with van der Waals surface area (Å²) < 4.78 is 47.1. The molecule has 3 aromatic rings. The van der Waals surface area contributed by atoms with Gasteiger partial charge in [0.05, 0.1) is 19.9 Å². The normalized spacial score (nSPS) is 13.4. The van der Waals surface area contributed by atoms with Crippen LogP contribution in [0.4, 0.5) is 5.95 Å². The molecule has 2 aromatic heterocycles. The number of pyridine rings is 1. The maximum absolute atomic E-state index is 13.5. The summed E-state index contributed by atoms with van der Waals surface area (Å²) in [4.78, 5) is 12.6. The molecule has 2 heterocycles. The number of sulfonamides is 1. The number of rotatable bonds is 11. The summed E-state index contributed by atoms with van der Waals surface area (Å²) in [5.74, 6) is 1.36. The molecule has 0 aliphatic rings. The number of methoxy groups -OCH3 is 3. The van der Waals surface area contributed by atoms with Gasteiger partial charge in [-0.1, -0.05) is 11.6 Å². The highest BCUT2D eigenvalue weighted by Crippen LogP contribution is 2.28. The molecule has 0 saturated carbocycles. The van der Waals surface area contributed by atoms with Gasteiger partial charge in [-0.05, 0) is 57.8 Å². The second-order valence-electron chi connectivity index (χ2n) is 8.31. The second-order valence-corrected chi connectivity index (χ2v) is 10.3. The van der Waals surface area contributed by atoms with Crippen molar-refractivity contribution >= 4 is 28.5 Å². The maximum Gasteiger partial charge on any atom is 0.243 e. The van der Waals surface area contributed by atoms with E-state index in [0.29, 0.717) is 28.8 Å². The van der Waals surface area contributed by atoms with Gasteiger partial charge < -0.3 is 14.2 Å². The number of aliphatic imine (C=N–C) groups is 2. The molecule has 0 fully saturated rings. The minimum atomic E-state index is -4.10. The van der Waals surface area contributed by atoms with Gasteiger partial charge >= 0.3 is 0 Å². The van der Waals surface area contributed by atoms with Crippen molar-refractivity contribution in [2.24, 2.45) is 9.98 Å². The van der Waals surface area contributed by atoms with Gasteiger partial charge in [0.2, 0.25) is 21.9 Å². The number of nitrogens with zero attached hydrogens (tertiary/aromatic N) is 6. The zero-order valence-electron chi connectivity index (χ0n) is 22.1. The Hall–Kier alpha value is -4.10. The molecule has 0 saturated heterocycles. The molecule has 3 rings (SSSR count). The van der Waals surface area contributed by atoms with Crippen LogP contribution in [0.5, 0.6) is 11.6 Å². The lowest BCUT2D eigenvalue weighted by molar-refractivity contribution is 0.154. The quantitative estimate of drug-likeness (QED) is 0.287. The second kappa shape index (κ2) is 12.4. The molecule has 1 aromatic carbocycles. The number of nitrogens with one attached hydrogen (secondary N) is 1. The molecule has 0 aliphatic carbocycles. The molecule has 1 N–H and O–H groups in total. The average molecular weight is 542 g/mol. The summed E-state index contributed by atoms with van der Waals surface area (Å²) >= 11 is 0. The monoisotopic (exact) mass is 541 g/mol. The molecule has 202 valence electrons. The first kappa shape index (κ1) is 28.5. The van der Waals surface area contributed by atoms with E-state index < -0.39 is 21.4 Å². The van der Waals surface area contributed by atoms with Crippen molar-refractivity contribution in [3.05, 3.63) is 54.2 Å². The standard InChI is InChI=1S/C25H31N7O5S/c1-16(2)15-27-23(26-4)22(37-7)17(3)38(33,34)31-25-30-29-24(20-9-8-10-21(28-20)36-6)32(25)18-11-13-19(35-5)14-12-18/h8-15,17,22H,4H2,1-3,5-7H3,(H,30,31)/t17-,22-/m0/s1. The minimum Gasteiger partial charge on any atom is -0.497 e. The van der Waals surface area contributed by atoms with Crippen molar-refractivity contribution < 1.29 is 22.6 Å². The lowest BCUT2D eigenvalue weighted by atomic mass is 10.2. The first-order chi connectivity index (χ1) is 18.1. The van der Waals surface area contributed by atoms with Crippen LogP contribution >= 0.6 is 0 Å². The highest BCUT2D eigenvalue weighted by molar-refractivity contribution is 7.93. The number of hydrogen-bond donors (Lipinski definition) is 1. The fourth-order valence-corrected chi connectivity index (χ4v) is 4.57. The predicted molar refractivity (Wildman–Crippen MR) is 147 cm³/mol. The van der Waals surface area contributed by atoms with E-state index in [9.17, 15) is 8.42 Å². The number of aromatic nitrogens is 4. The third-order valence-corrected chi connectivity index (χ3v) is 7.12. The van der Waals surface area contributed by atoms with E-state index in [-0.39, 0.29) is 11.8 Å². The number of hydrogen-bond acceptors (Lipinski definition) is 9. The lowest BCUT2D eigenvalue weighted by Gasteiger charge is -2.22. The van der Waals surface area contributed by atoms with E-state index in [2.05, 4.69) is 36.6 Å². The van der Waals surface area contributed by atoms with Gasteiger partial charge in [-0.3, -0.25) is 9.29 Å². The van der Waals surface area contributed by atoms with Crippen molar-refractivity contribution in [1.82, 2.24) is 19.7 Å². The van der Waals surface area contributed by atoms with Crippen molar-refractivity contribution in [2.75, 3.05) is 26.1 Å². The Morgan fingerprint density at radius 3 is 2.37 bits per heavy atom. The molecule has 0 amide bonds. The largest absolute Gasteiger partial charge is 0.497 e. The zero-order valence-corrected chi connectivity index (χ0v) is 22.9. The summed E-state index contributed by atoms with van der Waals surface area (Å²) in [6.07, 6.45) is 0.564. The Balaban J connectivity index is 2.08. The van der Waals surface area contributed by atoms with Gasteiger partial charge in [-0.2, -0.15) is 0 Å². The van der Waals surface area contributed by atoms with Crippen molar-refractivity contribution in [2.45, 2.75) is 32.1 Å². The predicted octanol–water partition coefficient (Wildman–Crippen LogP) is 3.51. The van der Waals surface area contributed by atoms with Crippen LogP contribution < -0.4 is 14.2 Å². The summed E-state index contributed by atoms with van der Waals surface area (Å²) in [7, 11) is 0.337. The fourth-order valence-electron chi connectivity index (χ4n) is 3.43. The summed E-state index contributed by atoms with van der Waals surface area (Å²) in [5.41, 5.74) is 1.90. The molecule has 0 bridgehead atoms. The van der Waals surface area contributed by atoms with E-state index in [4.69, 9.17) is 14.2 Å². The van der Waals surface area contributed by atoms with Gasteiger partial charge in [0.15, 0.2) is 11.7 Å². The van der Waals surface area contributed by atoms with Gasteiger partial charge in [0.1, 0.15) is 22.8 Å². The molecular weight excluding hydrogens is 510 g/mol. The third kappa shape index (κ3) is 6.42. The Labute approximate surface area is 222 Å². The van der Waals surface area contributed by atoms with Crippen molar-refractivity contribution in [3.63, 3.8) is 0 Å². The van der Waals surface area contributed by atoms with Crippen LogP contribution in [0.15, 0.2) is 64.2 Å². The highest BCUT2D eigenvalue weighted by atomic mass is 32.2. The van der Waals surface area contributed by atoms with Gasteiger partial charge in [0.25, 0.3) is 0 Å². The number of anilines is 1. The van der Waals surface area contributed by atoms with Gasteiger partial charge in [0, 0.05) is 19.4 Å². The van der Waals surface area contributed by atoms with Crippen molar-refractivity contribution in [1.29, 1.82) is 0 Å². The summed E-state index contributed by atoms with van der Waals surface area (Å²) in [5, 5.41) is 7.25. The molecule has 0 radical (unpaired) electrons. The Bertz CT molecular complexity index is 1430. The van der Waals surface area contributed by atoms with E-state index in [1.165, 1.54) is 25.7 Å². The maximum atomic E-state index is 13.5. The lowest BCUT2D eigenvalue weighted by Crippen LogP contribution is -2.41. The Morgan fingerprint density at radius 1 is 1.08 bits per heavy atom. The van der Waals surface area contributed by atoms with E-state index in [0.717, 1.165) is 5.57 Å². The summed E-state index contributed by atoms with van der Waals surface area (Å²) in [6.45, 7) is 8.71. The van der Waals surface area contributed by atoms with Crippen LogP contribution in [-0.2, 0) is 14.8 Å². The minimum absolute atomic E-state index is 0.0501. The Morgan fingerprint density at radius 2 is 1.79 bits per heavy atom. The molecule has 12 nitrogen and oxygen atoms in total. The van der Waals surface area contributed by atoms with E-state index >= 15 is 0 Å². The molecule has 0 spiro atoms. The summed E-state index contributed by atoms with van der Waals surface area (Å²) in [6, 6.07) is 12.1. The van der Waals surface area contributed by atoms with E-state index in [1.54, 1.807) is 55.8 Å². The van der Waals surface area contributed by atoms with Crippen LogP contribution in [0, 0.1) is 0 Å². The van der Waals surface area contributed by atoms with Crippen LogP contribution in [0.1, 0.15) is 20.8 Å². The Kier molecular flexibility index (Phi) is 9.31. The molecule has 0 aliphatic heterocycles. The van der Waals surface area contributed by atoms with Crippen LogP contribution in [0.3, 0.4) is 0 Å². The average Bonchev–Trinajstić information content (AvgIpc) is 3.33. The van der Waals surface area contributed by atoms with Crippen LogP contribution in [-0.4, -0.2) is 73.4 Å². The number of amidine groups is 1. The molecule has 2 atom stereocenters. The van der Waals surface area contributed by atoms with Crippen LogP contribution in [0.25, 0.3) is 17.2 Å². The van der Waals surface area contributed by atoms with Gasteiger partial charge in [-0.25, -0.2) is 23.4 Å². The molecule has 13 heteroatoms. The van der Waals surface area contributed by atoms with Crippen LogP contribution in [0.2, 0.25) is 0 Å². The smallest absolute Gasteiger partial charge is 0.243 e. The van der Waals surface area contributed by atoms with Gasteiger partial charge in [-0.15, -0.1) is 10.2 Å². The fraction of sp³-hybridized carbons (Fsp3) is 0.320. The zero-order chi connectivity index (χ0) is 27.9. The number of allylic oxidation sites excluding steroid dienone is 1. The van der Waals surface area contributed by atoms with Crippen molar-refractivity contribution in [3.8, 4) is 28.8 Å². The SMILES string of the molecule is C=NC(=NC=C(C)C)[C@@H](OC)[C@H](C)S(=O)(=O)Nc1nnc(-c2cccc(OC)n2)n1-c1ccc(OC)cc1. The first-order valence-corrected chi connectivity index (χ1v) is 13.0. The number of ether oxygens (including phenoxy) is 3. The number of benzene rings is 1. The topological polar surface area (TPSA) is 142 Å². The van der Waals surface area contributed by atoms with E-state index in [1.807, 2.05) is 13.8 Å². The first-order valence-electron chi connectivity index (χ1n) is 11.5. The highest BCUT2D eigenvalue weighted by Gasteiger charge is 2.34. The molecular formula is C25H31N7O5S.